The summed E-state index contributed by atoms with van der Waals surface area (Å²) in [5, 5.41) is 7.73. The fourth-order valence-corrected chi connectivity index (χ4v) is 3.83. The molecule has 1 atom stereocenters. The average Bonchev–Trinajstić information content (AvgIpc) is 3.13. The molecule has 25 heavy (non-hydrogen) atoms. The van der Waals surface area contributed by atoms with Crippen molar-refractivity contribution in [3.05, 3.63) is 48.0 Å². The predicted octanol–water partition coefficient (Wildman–Crippen LogP) is 2.47. The first-order valence-electron chi connectivity index (χ1n) is 9.48. The van der Waals surface area contributed by atoms with E-state index in [0.717, 1.165) is 19.0 Å². The van der Waals surface area contributed by atoms with Crippen molar-refractivity contribution in [3.63, 3.8) is 0 Å². The molecule has 5 nitrogen and oxygen atoms in total. The number of hydrogen-bond donors (Lipinski definition) is 0. The number of piperidine rings is 1. The van der Waals surface area contributed by atoms with Gasteiger partial charge in [0.2, 0.25) is 0 Å². The monoisotopic (exact) mass is 341 g/mol. The second-order valence-corrected chi connectivity index (χ2v) is 7.45. The lowest BCUT2D eigenvalue weighted by atomic mass is 9.96. The summed E-state index contributed by atoms with van der Waals surface area (Å²) in [5.41, 5.74) is 2.92. The molecule has 5 heteroatoms. The van der Waals surface area contributed by atoms with E-state index in [9.17, 15) is 0 Å². The van der Waals surface area contributed by atoms with Crippen LogP contribution in [0.2, 0.25) is 0 Å². The Morgan fingerprint density at radius 3 is 2.76 bits per heavy atom. The SMILES string of the molecule is Cc1ccccc1CCN1CCC[C@H](CN(C)CCn2cnnc2)C1. The van der Waals surface area contributed by atoms with Gasteiger partial charge in [-0.25, -0.2) is 0 Å². The van der Waals surface area contributed by atoms with E-state index < -0.39 is 0 Å². The number of hydrogen-bond acceptors (Lipinski definition) is 4. The molecule has 2 aromatic rings. The standard InChI is InChI=1S/C20H31N5/c1-18-6-3-4-8-20(18)9-11-24-10-5-7-19(15-24)14-23(2)12-13-25-16-21-22-17-25/h3-4,6,8,16-17,19H,5,7,9-15H2,1-2H3/t19-/m1/s1. The first kappa shape index (κ1) is 18.1. The Bertz CT molecular complexity index is 625. The van der Waals surface area contributed by atoms with Crippen LogP contribution in [0.4, 0.5) is 0 Å². The normalized spacial score (nSPS) is 18.8. The maximum absolute atomic E-state index is 3.87. The van der Waals surface area contributed by atoms with Gasteiger partial charge in [-0.3, -0.25) is 0 Å². The van der Waals surface area contributed by atoms with Gasteiger partial charge in [0.05, 0.1) is 0 Å². The second kappa shape index (κ2) is 9.11. The molecule has 1 aromatic heterocycles. The van der Waals surface area contributed by atoms with Crippen LogP contribution in [0.5, 0.6) is 0 Å². The Morgan fingerprint density at radius 2 is 1.96 bits per heavy atom. The first-order chi connectivity index (χ1) is 12.2. The molecule has 1 fully saturated rings. The highest BCUT2D eigenvalue weighted by molar-refractivity contribution is 5.25. The molecule has 0 spiro atoms. The molecule has 136 valence electrons. The van der Waals surface area contributed by atoms with Gasteiger partial charge in [-0.2, -0.15) is 0 Å². The van der Waals surface area contributed by atoms with E-state index >= 15 is 0 Å². The van der Waals surface area contributed by atoms with E-state index in [4.69, 9.17) is 0 Å². The van der Waals surface area contributed by atoms with Crippen molar-refractivity contribution >= 4 is 0 Å². The molecular weight excluding hydrogens is 310 g/mol. The lowest BCUT2D eigenvalue weighted by molar-refractivity contribution is 0.143. The summed E-state index contributed by atoms with van der Waals surface area (Å²) in [6, 6.07) is 8.78. The number of rotatable bonds is 8. The minimum atomic E-state index is 0.788. The van der Waals surface area contributed by atoms with Gasteiger partial charge in [0, 0.05) is 32.7 Å². The highest BCUT2D eigenvalue weighted by atomic mass is 15.2. The highest BCUT2D eigenvalue weighted by Gasteiger charge is 2.21. The van der Waals surface area contributed by atoms with Crippen molar-refractivity contribution in [2.24, 2.45) is 5.92 Å². The smallest absolute Gasteiger partial charge is 0.119 e. The van der Waals surface area contributed by atoms with Gasteiger partial charge in [-0.1, -0.05) is 24.3 Å². The van der Waals surface area contributed by atoms with Gasteiger partial charge in [0.1, 0.15) is 12.7 Å². The van der Waals surface area contributed by atoms with Crippen molar-refractivity contribution < 1.29 is 0 Å². The maximum atomic E-state index is 3.87. The lowest BCUT2D eigenvalue weighted by Crippen LogP contribution is -2.41. The zero-order chi connectivity index (χ0) is 17.5. The molecule has 1 saturated heterocycles. The van der Waals surface area contributed by atoms with Crippen molar-refractivity contribution in [2.45, 2.75) is 32.7 Å². The molecule has 0 amide bonds. The Kier molecular flexibility index (Phi) is 6.59. The minimum absolute atomic E-state index is 0.788. The van der Waals surface area contributed by atoms with Crippen LogP contribution in [0.1, 0.15) is 24.0 Å². The van der Waals surface area contributed by atoms with Crippen LogP contribution in [-0.4, -0.2) is 64.3 Å². The molecule has 0 saturated carbocycles. The van der Waals surface area contributed by atoms with Gasteiger partial charge in [-0.15, -0.1) is 10.2 Å². The highest BCUT2D eigenvalue weighted by Crippen LogP contribution is 2.18. The van der Waals surface area contributed by atoms with Crippen molar-refractivity contribution in [1.82, 2.24) is 24.6 Å². The summed E-state index contributed by atoms with van der Waals surface area (Å²) in [6.07, 6.45) is 7.45. The van der Waals surface area contributed by atoms with Crippen LogP contribution < -0.4 is 0 Å². The van der Waals surface area contributed by atoms with Crippen LogP contribution in [-0.2, 0) is 13.0 Å². The fraction of sp³-hybridized carbons (Fsp3) is 0.600. The third-order valence-electron chi connectivity index (χ3n) is 5.34. The fourth-order valence-electron chi connectivity index (χ4n) is 3.83. The third kappa shape index (κ3) is 5.65. The molecule has 2 heterocycles. The molecular formula is C20H31N5. The van der Waals surface area contributed by atoms with E-state index in [1.807, 2.05) is 4.57 Å². The second-order valence-electron chi connectivity index (χ2n) is 7.45. The van der Waals surface area contributed by atoms with Crippen LogP contribution >= 0.6 is 0 Å². The van der Waals surface area contributed by atoms with E-state index in [1.54, 1.807) is 12.7 Å². The number of nitrogens with zero attached hydrogens (tertiary/aromatic N) is 5. The molecule has 0 aliphatic carbocycles. The Balaban J connectivity index is 1.40. The van der Waals surface area contributed by atoms with Gasteiger partial charge in [0.25, 0.3) is 0 Å². The maximum Gasteiger partial charge on any atom is 0.119 e. The van der Waals surface area contributed by atoms with Crippen molar-refractivity contribution in [1.29, 1.82) is 0 Å². The Morgan fingerprint density at radius 1 is 1.16 bits per heavy atom. The van der Waals surface area contributed by atoms with E-state index in [-0.39, 0.29) is 0 Å². The van der Waals surface area contributed by atoms with Gasteiger partial charge in [-0.05, 0) is 56.8 Å². The van der Waals surface area contributed by atoms with Gasteiger partial charge >= 0.3 is 0 Å². The van der Waals surface area contributed by atoms with E-state index in [1.165, 1.54) is 56.6 Å². The van der Waals surface area contributed by atoms with E-state index in [0.29, 0.717) is 0 Å². The van der Waals surface area contributed by atoms with Crippen LogP contribution in [0.3, 0.4) is 0 Å². The molecule has 0 N–H and O–H groups in total. The molecule has 1 aliphatic heterocycles. The third-order valence-corrected chi connectivity index (χ3v) is 5.34. The van der Waals surface area contributed by atoms with E-state index in [2.05, 4.69) is 58.2 Å². The number of benzene rings is 1. The van der Waals surface area contributed by atoms with Gasteiger partial charge < -0.3 is 14.4 Å². The summed E-state index contributed by atoms with van der Waals surface area (Å²) in [5.74, 6) is 0.788. The molecule has 0 unspecified atom stereocenters. The lowest BCUT2D eigenvalue weighted by Gasteiger charge is -2.35. The molecule has 3 rings (SSSR count). The summed E-state index contributed by atoms with van der Waals surface area (Å²) < 4.78 is 2.05. The predicted molar refractivity (Wildman–Crippen MR) is 102 cm³/mol. The van der Waals surface area contributed by atoms with Crippen molar-refractivity contribution in [3.8, 4) is 0 Å². The number of likely N-dealkylation sites (tertiary alicyclic amines) is 1. The average molecular weight is 342 g/mol. The summed E-state index contributed by atoms with van der Waals surface area (Å²) >= 11 is 0. The number of likely N-dealkylation sites (N-methyl/N-ethyl adjacent to an activating group) is 1. The summed E-state index contributed by atoms with van der Waals surface area (Å²) in [6.45, 7) is 9.11. The summed E-state index contributed by atoms with van der Waals surface area (Å²) in [7, 11) is 2.23. The van der Waals surface area contributed by atoms with Gasteiger partial charge in [0.15, 0.2) is 0 Å². The zero-order valence-corrected chi connectivity index (χ0v) is 15.6. The topological polar surface area (TPSA) is 37.2 Å². The largest absolute Gasteiger partial charge is 0.319 e. The Labute approximate surface area is 151 Å². The molecule has 0 radical (unpaired) electrons. The van der Waals surface area contributed by atoms with Crippen LogP contribution in [0.25, 0.3) is 0 Å². The van der Waals surface area contributed by atoms with Crippen LogP contribution in [0, 0.1) is 12.8 Å². The molecule has 1 aromatic carbocycles. The Hall–Kier alpha value is -1.72. The van der Waals surface area contributed by atoms with Crippen molar-refractivity contribution in [2.75, 3.05) is 39.8 Å². The quantitative estimate of drug-likeness (QED) is 0.739. The number of aryl methyl sites for hydroxylation is 1. The number of aromatic nitrogens is 3. The first-order valence-corrected chi connectivity index (χ1v) is 9.48. The zero-order valence-electron chi connectivity index (χ0n) is 15.6. The molecule has 1 aliphatic rings. The molecule has 0 bridgehead atoms. The summed E-state index contributed by atoms with van der Waals surface area (Å²) in [4.78, 5) is 5.11. The minimum Gasteiger partial charge on any atom is -0.319 e. The van der Waals surface area contributed by atoms with Crippen LogP contribution in [0.15, 0.2) is 36.9 Å².